The topological polar surface area (TPSA) is 63.3 Å². The lowest BCUT2D eigenvalue weighted by Gasteiger charge is -2.20. The Morgan fingerprint density at radius 3 is 1.78 bits per heavy atom. The van der Waals surface area contributed by atoms with Crippen LogP contribution >= 0.6 is 0 Å². The highest BCUT2D eigenvalue weighted by Crippen LogP contribution is 2.29. The number of rotatable bonds is 4. The van der Waals surface area contributed by atoms with E-state index >= 15 is 0 Å². The van der Waals surface area contributed by atoms with Crippen LogP contribution in [0.3, 0.4) is 0 Å². The van der Waals surface area contributed by atoms with Crippen LogP contribution in [-0.4, -0.2) is 11.1 Å². The third-order valence-electron chi connectivity index (χ3n) is 2.97. The summed E-state index contributed by atoms with van der Waals surface area (Å²) in [4.78, 5) is 11.4. The van der Waals surface area contributed by atoms with Crippen LogP contribution < -0.4 is 5.73 Å². The summed E-state index contributed by atoms with van der Waals surface area (Å²) in [6, 6.07) is 17.8. The SMILES string of the molecule is NC(c1ccccc1)C(C(=O)O)c1ccccc1. The van der Waals surface area contributed by atoms with Gasteiger partial charge in [0.1, 0.15) is 5.92 Å². The number of carbonyl (C=O) groups is 1. The molecule has 18 heavy (non-hydrogen) atoms. The molecule has 2 rings (SSSR count). The molecule has 0 bridgehead atoms. The average molecular weight is 241 g/mol. The summed E-state index contributed by atoms with van der Waals surface area (Å²) in [6.45, 7) is 0. The minimum Gasteiger partial charge on any atom is -0.481 e. The van der Waals surface area contributed by atoms with Gasteiger partial charge >= 0.3 is 5.97 Å². The van der Waals surface area contributed by atoms with Gasteiger partial charge in [0.05, 0.1) is 0 Å². The smallest absolute Gasteiger partial charge is 0.312 e. The molecule has 2 atom stereocenters. The predicted octanol–water partition coefficient (Wildman–Crippen LogP) is 2.55. The first-order valence-electron chi connectivity index (χ1n) is 5.78. The van der Waals surface area contributed by atoms with E-state index in [1.807, 2.05) is 48.5 Å². The van der Waals surface area contributed by atoms with Gasteiger partial charge in [-0.05, 0) is 11.1 Å². The highest BCUT2D eigenvalue weighted by molar-refractivity contribution is 5.77. The van der Waals surface area contributed by atoms with Gasteiger partial charge in [-0.3, -0.25) is 4.79 Å². The van der Waals surface area contributed by atoms with Gasteiger partial charge in [0.25, 0.3) is 0 Å². The summed E-state index contributed by atoms with van der Waals surface area (Å²) in [5.74, 6) is -1.63. The molecule has 3 nitrogen and oxygen atoms in total. The van der Waals surface area contributed by atoms with Crippen molar-refractivity contribution in [3.63, 3.8) is 0 Å². The van der Waals surface area contributed by atoms with Crippen LogP contribution in [0.2, 0.25) is 0 Å². The van der Waals surface area contributed by atoms with E-state index in [1.165, 1.54) is 0 Å². The van der Waals surface area contributed by atoms with Crippen molar-refractivity contribution in [3.05, 3.63) is 71.8 Å². The summed E-state index contributed by atoms with van der Waals surface area (Å²) < 4.78 is 0. The first-order chi connectivity index (χ1) is 8.70. The Hall–Kier alpha value is -2.13. The van der Waals surface area contributed by atoms with Gasteiger partial charge < -0.3 is 10.8 Å². The van der Waals surface area contributed by atoms with Crippen LogP contribution in [0, 0.1) is 0 Å². The van der Waals surface area contributed by atoms with Crippen molar-refractivity contribution >= 4 is 5.97 Å². The number of carboxylic acids is 1. The minimum absolute atomic E-state index is 0.550. The molecule has 2 aromatic carbocycles. The van der Waals surface area contributed by atoms with Crippen LogP contribution in [0.25, 0.3) is 0 Å². The fourth-order valence-electron chi connectivity index (χ4n) is 2.03. The van der Waals surface area contributed by atoms with Gasteiger partial charge in [-0.25, -0.2) is 0 Å². The summed E-state index contributed by atoms with van der Waals surface area (Å²) in [5.41, 5.74) is 7.64. The Balaban J connectivity index is 2.35. The fourth-order valence-corrected chi connectivity index (χ4v) is 2.03. The highest BCUT2D eigenvalue weighted by Gasteiger charge is 2.27. The zero-order valence-electron chi connectivity index (χ0n) is 9.86. The number of hydrogen-bond donors (Lipinski definition) is 2. The third kappa shape index (κ3) is 2.57. The van der Waals surface area contributed by atoms with E-state index in [2.05, 4.69) is 0 Å². The number of carboxylic acid groups (broad SMARTS) is 1. The molecule has 0 saturated carbocycles. The van der Waals surface area contributed by atoms with Crippen molar-refractivity contribution in [2.24, 2.45) is 5.73 Å². The molecule has 2 unspecified atom stereocenters. The molecule has 0 spiro atoms. The summed E-state index contributed by atoms with van der Waals surface area (Å²) in [5, 5.41) is 9.38. The molecule has 0 aromatic heterocycles. The predicted molar refractivity (Wildman–Crippen MR) is 70.2 cm³/mol. The number of nitrogens with two attached hydrogens (primary N) is 1. The number of benzene rings is 2. The van der Waals surface area contributed by atoms with E-state index in [0.717, 1.165) is 11.1 Å². The number of hydrogen-bond acceptors (Lipinski definition) is 2. The molecule has 0 aliphatic heterocycles. The number of aliphatic carboxylic acids is 1. The van der Waals surface area contributed by atoms with Crippen molar-refractivity contribution in [2.45, 2.75) is 12.0 Å². The molecule has 3 N–H and O–H groups in total. The molecular formula is C15H15NO2. The first-order valence-corrected chi connectivity index (χ1v) is 5.78. The zero-order valence-corrected chi connectivity index (χ0v) is 9.86. The molecule has 0 saturated heterocycles. The van der Waals surface area contributed by atoms with Crippen LogP contribution in [-0.2, 0) is 4.79 Å². The third-order valence-corrected chi connectivity index (χ3v) is 2.97. The Morgan fingerprint density at radius 2 is 1.33 bits per heavy atom. The van der Waals surface area contributed by atoms with Crippen molar-refractivity contribution in [3.8, 4) is 0 Å². The molecule has 0 fully saturated rings. The average Bonchev–Trinajstić information content (AvgIpc) is 2.40. The maximum atomic E-state index is 11.4. The Labute approximate surface area is 106 Å². The van der Waals surface area contributed by atoms with E-state index < -0.39 is 17.9 Å². The fraction of sp³-hybridized carbons (Fsp3) is 0.133. The van der Waals surface area contributed by atoms with Crippen LogP contribution in [0.15, 0.2) is 60.7 Å². The molecule has 0 heterocycles. The maximum absolute atomic E-state index is 11.4. The van der Waals surface area contributed by atoms with Gasteiger partial charge in [-0.15, -0.1) is 0 Å². The van der Waals surface area contributed by atoms with Gasteiger partial charge in [0.15, 0.2) is 0 Å². The molecular weight excluding hydrogens is 226 g/mol. The van der Waals surface area contributed by atoms with Crippen LogP contribution in [0.5, 0.6) is 0 Å². The Bertz CT molecular complexity index is 511. The van der Waals surface area contributed by atoms with Crippen molar-refractivity contribution in [1.82, 2.24) is 0 Å². The summed E-state index contributed by atoms with van der Waals surface area (Å²) >= 11 is 0. The van der Waals surface area contributed by atoms with Crippen molar-refractivity contribution in [1.29, 1.82) is 0 Å². The van der Waals surface area contributed by atoms with Crippen LogP contribution in [0.1, 0.15) is 23.1 Å². The van der Waals surface area contributed by atoms with Gasteiger partial charge in [-0.2, -0.15) is 0 Å². The van der Waals surface area contributed by atoms with Crippen molar-refractivity contribution in [2.75, 3.05) is 0 Å². The Kier molecular flexibility index (Phi) is 3.75. The standard InChI is InChI=1S/C15H15NO2/c16-14(12-9-5-2-6-10-12)13(15(17)18)11-7-3-1-4-8-11/h1-10,13-14H,16H2,(H,17,18). The molecule has 92 valence electrons. The molecule has 0 aliphatic carbocycles. The summed E-state index contributed by atoms with van der Waals surface area (Å²) in [6.07, 6.45) is 0. The van der Waals surface area contributed by atoms with E-state index in [0.29, 0.717) is 0 Å². The lowest BCUT2D eigenvalue weighted by atomic mass is 9.88. The van der Waals surface area contributed by atoms with Gasteiger partial charge in [0.2, 0.25) is 0 Å². The van der Waals surface area contributed by atoms with E-state index in [9.17, 15) is 9.90 Å². The van der Waals surface area contributed by atoms with Crippen molar-refractivity contribution < 1.29 is 9.90 Å². The second kappa shape index (κ2) is 5.47. The monoisotopic (exact) mass is 241 g/mol. The molecule has 0 radical (unpaired) electrons. The van der Waals surface area contributed by atoms with E-state index in [-0.39, 0.29) is 0 Å². The Morgan fingerprint density at radius 1 is 0.889 bits per heavy atom. The normalized spacial score (nSPS) is 13.8. The molecule has 0 aliphatic rings. The van der Waals surface area contributed by atoms with Gasteiger partial charge in [-0.1, -0.05) is 60.7 Å². The maximum Gasteiger partial charge on any atom is 0.312 e. The molecule has 2 aromatic rings. The first kappa shape index (κ1) is 12.3. The zero-order chi connectivity index (χ0) is 13.0. The lowest BCUT2D eigenvalue weighted by Crippen LogP contribution is -2.26. The molecule has 3 heteroatoms. The van der Waals surface area contributed by atoms with E-state index in [1.54, 1.807) is 12.1 Å². The second-order valence-electron chi connectivity index (χ2n) is 4.16. The second-order valence-corrected chi connectivity index (χ2v) is 4.16. The quantitative estimate of drug-likeness (QED) is 0.864. The summed E-state index contributed by atoms with van der Waals surface area (Å²) in [7, 11) is 0. The largest absolute Gasteiger partial charge is 0.481 e. The molecule has 0 amide bonds. The highest BCUT2D eigenvalue weighted by atomic mass is 16.4. The van der Waals surface area contributed by atoms with Gasteiger partial charge in [0, 0.05) is 6.04 Å². The lowest BCUT2D eigenvalue weighted by molar-refractivity contribution is -0.139. The van der Waals surface area contributed by atoms with E-state index in [4.69, 9.17) is 5.73 Å². The van der Waals surface area contributed by atoms with Crippen LogP contribution in [0.4, 0.5) is 0 Å². The minimum atomic E-state index is -0.905.